The van der Waals surface area contributed by atoms with E-state index in [-0.39, 0.29) is 24.5 Å². The van der Waals surface area contributed by atoms with Crippen molar-refractivity contribution in [2.75, 3.05) is 12.4 Å². The maximum atomic E-state index is 14.0. The molecule has 5 nitrogen and oxygen atoms in total. The molecule has 8 heteroatoms. The first kappa shape index (κ1) is 21.9. The molecule has 0 fully saturated rings. The van der Waals surface area contributed by atoms with Gasteiger partial charge in [-0.15, -0.1) is 0 Å². The molecule has 0 aliphatic carbocycles. The minimum Gasteiger partial charge on any atom is -0.493 e. The van der Waals surface area contributed by atoms with Crippen LogP contribution in [-0.4, -0.2) is 18.2 Å². The molecule has 0 aromatic heterocycles. The summed E-state index contributed by atoms with van der Waals surface area (Å²) in [5.74, 6) is -0.487. The third-order valence-electron chi connectivity index (χ3n) is 4.39. The Balaban J connectivity index is 1.88. The highest BCUT2D eigenvalue weighted by atomic mass is 79.9. The molecule has 30 heavy (non-hydrogen) atoms. The number of benzene rings is 3. The van der Waals surface area contributed by atoms with E-state index in [1.807, 2.05) is 0 Å². The van der Waals surface area contributed by atoms with Gasteiger partial charge in [0.15, 0.2) is 11.5 Å². The number of carboxylic acid groups (broad SMARTS) is 1. The largest absolute Gasteiger partial charge is 0.493 e. The minimum absolute atomic E-state index is 0.0156. The Morgan fingerprint density at radius 3 is 2.67 bits per heavy atom. The van der Waals surface area contributed by atoms with Gasteiger partial charge in [-0.1, -0.05) is 45.7 Å². The molecule has 0 aliphatic rings. The van der Waals surface area contributed by atoms with Gasteiger partial charge in [-0.3, -0.25) is 0 Å². The minimum atomic E-state index is -1.05. The van der Waals surface area contributed by atoms with Gasteiger partial charge >= 0.3 is 5.97 Å². The number of anilines is 1. The molecule has 0 saturated heterocycles. The van der Waals surface area contributed by atoms with E-state index in [4.69, 9.17) is 21.1 Å². The van der Waals surface area contributed by atoms with Gasteiger partial charge in [-0.25, -0.2) is 9.18 Å². The van der Waals surface area contributed by atoms with E-state index in [1.165, 1.54) is 31.4 Å². The van der Waals surface area contributed by atoms with Crippen LogP contribution in [0.5, 0.6) is 11.5 Å². The molecule has 0 aliphatic heterocycles. The number of ether oxygens (including phenoxy) is 2. The van der Waals surface area contributed by atoms with Crippen LogP contribution in [0.25, 0.3) is 0 Å². The lowest BCUT2D eigenvalue weighted by atomic mass is 10.1. The number of hydrogen-bond donors (Lipinski definition) is 2. The second-order valence-corrected chi connectivity index (χ2v) is 7.55. The zero-order valence-corrected chi connectivity index (χ0v) is 18.3. The molecule has 3 aromatic rings. The van der Waals surface area contributed by atoms with Crippen molar-refractivity contribution in [2.45, 2.75) is 13.2 Å². The number of methoxy groups -OCH3 is 1. The Hall–Kier alpha value is -2.77. The lowest BCUT2D eigenvalue weighted by molar-refractivity contribution is 0.0697. The van der Waals surface area contributed by atoms with Crippen LogP contribution in [0.3, 0.4) is 0 Å². The molecule has 0 bridgehead atoms. The van der Waals surface area contributed by atoms with Crippen LogP contribution in [0.2, 0.25) is 5.02 Å². The van der Waals surface area contributed by atoms with Gasteiger partial charge < -0.3 is 19.9 Å². The van der Waals surface area contributed by atoms with E-state index in [1.54, 1.807) is 30.3 Å². The van der Waals surface area contributed by atoms with Gasteiger partial charge in [0, 0.05) is 22.1 Å². The van der Waals surface area contributed by atoms with Crippen molar-refractivity contribution >= 4 is 39.2 Å². The van der Waals surface area contributed by atoms with E-state index in [0.717, 1.165) is 4.47 Å². The second kappa shape index (κ2) is 9.82. The molecular weight excluding hydrogens is 477 g/mol. The number of hydrogen-bond acceptors (Lipinski definition) is 4. The fourth-order valence-corrected chi connectivity index (χ4v) is 3.45. The molecule has 3 aromatic carbocycles. The fourth-order valence-electron chi connectivity index (χ4n) is 2.81. The number of aromatic carboxylic acids is 1. The van der Waals surface area contributed by atoms with Crippen molar-refractivity contribution in [3.8, 4) is 11.5 Å². The highest BCUT2D eigenvalue weighted by molar-refractivity contribution is 9.10. The van der Waals surface area contributed by atoms with Crippen molar-refractivity contribution in [2.24, 2.45) is 0 Å². The van der Waals surface area contributed by atoms with Gasteiger partial charge in [-0.05, 0) is 36.4 Å². The average molecular weight is 495 g/mol. The molecule has 0 spiro atoms. The van der Waals surface area contributed by atoms with Crippen LogP contribution in [0.15, 0.2) is 59.1 Å². The van der Waals surface area contributed by atoms with Crippen molar-refractivity contribution in [3.63, 3.8) is 0 Å². The Morgan fingerprint density at radius 2 is 1.97 bits per heavy atom. The number of rotatable bonds is 8. The predicted octanol–water partition coefficient (Wildman–Crippen LogP) is 6.14. The summed E-state index contributed by atoms with van der Waals surface area (Å²) >= 11 is 9.70. The van der Waals surface area contributed by atoms with Crippen LogP contribution >= 0.6 is 27.5 Å². The van der Waals surface area contributed by atoms with Crippen molar-refractivity contribution < 1.29 is 23.8 Å². The Bertz CT molecular complexity index is 1080. The van der Waals surface area contributed by atoms with E-state index in [2.05, 4.69) is 21.2 Å². The molecule has 0 atom stereocenters. The van der Waals surface area contributed by atoms with E-state index < -0.39 is 5.97 Å². The van der Waals surface area contributed by atoms with E-state index >= 15 is 0 Å². The van der Waals surface area contributed by atoms with Crippen molar-refractivity contribution in [1.29, 1.82) is 0 Å². The van der Waals surface area contributed by atoms with Gasteiger partial charge in [-0.2, -0.15) is 0 Å². The van der Waals surface area contributed by atoms with E-state index in [9.17, 15) is 14.3 Å². The smallest absolute Gasteiger partial charge is 0.335 e. The maximum absolute atomic E-state index is 14.0. The molecule has 156 valence electrons. The second-order valence-electron chi connectivity index (χ2n) is 6.29. The molecule has 0 unspecified atom stereocenters. The lowest BCUT2D eigenvalue weighted by Crippen LogP contribution is -2.08. The SMILES string of the molecule is COc1ccc(Br)c(CNc2cc(C(=O)O)ccc2Cl)c1OCc1ccccc1F. The fraction of sp³-hybridized carbons (Fsp3) is 0.136. The summed E-state index contributed by atoms with van der Waals surface area (Å²) in [5, 5.41) is 12.7. The molecule has 3 rings (SSSR count). The average Bonchev–Trinajstić information content (AvgIpc) is 2.73. The van der Waals surface area contributed by atoms with Crippen LogP contribution in [-0.2, 0) is 13.2 Å². The van der Waals surface area contributed by atoms with Gasteiger partial charge in [0.25, 0.3) is 0 Å². The van der Waals surface area contributed by atoms with Crippen LogP contribution in [0.1, 0.15) is 21.5 Å². The quantitative estimate of drug-likeness (QED) is 0.394. The first-order chi connectivity index (χ1) is 14.4. The Morgan fingerprint density at radius 1 is 1.20 bits per heavy atom. The van der Waals surface area contributed by atoms with Crippen LogP contribution < -0.4 is 14.8 Å². The summed E-state index contributed by atoms with van der Waals surface area (Å²) in [6.45, 7) is 0.273. The topological polar surface area (TPSA) is 67.8 Å². The van der Waals surface area contributed by atoms with Gasteiger partial charge in [0.2, 0.25) is 0 Å². The molecular formula is C22H18BrClFNO4. The summed E-state index contributed by atoms with van der Waals surface area (Å²) in [7, 11) is 1.52. The Labute approximate surface area is 186 Å². The third-order valence-corrected chi connectivity index (χ3v) is 5.46. The molecule has 2 N–H and O–H groups in total. The summed E-state index contributed by atoms with van der Waals surface area (Å²) in [6.07, 6.45) is 0. The monoisotopic (exact) mass is 493 g/mol. The van der Waals surface area contributed by atoms with Crippen LogP contribution in [0, 0.1) is 5.82 Å². The number of halogens is 3. The lowest BCUT2D eigenvalue weighted by Gasteiger charge is -2.18. The van der Waals surface area contributed by atoms with Crippen molar-refractivity contribution in [1.82, 2.24) is 0 Å². The highest BCUT2D eigenvalue weighted by Crippen LogP contribution is 2.38. The Kier molecular flexibility index (Phi) is 7.18. The summed E-state index contributed by atoms with van der Waals surface area (Å²) < 4.78 is 26.1. The number of carboxylic acids is 1. The van der Waals surface area contributed by atoms with Crippen LogP contribution in [0.4, 0.5) is 10.1 Å². The third kappa shape index (κ3) is 5.04. The molecule has 0 heterocycles. The first-order valence-electron chi connectivity index (χ1n) is 8.89. The normalized spacial score (nSPS) is 10.5. The van der Waals surface area contributed by atoms with E-state index in [0.29, 0.717) is 33.3 Å². The molecule has 0 saturated carbocycles. The van der Waals surface area contributed by atoms with Crippen molar-refractivity contribution in [3.05, 3.63) is 86.6 Å². The zero-order chi connectivity index (χ0) is 21.7. The standard InChI is InChI=1S/C22H18BrClFNO4/c1-29-20-9-7-16(23)15(21(20)30-12-14-4-2-3-5-18(14)25)11-26-19-10-13(22(27)28)6-8-17(19)24/h2-10,26H,11-12H2,1H3,(H,27,28). The number of carbonyl (C=O) groups is 1. The van der Waals surface area contributed by atoms with Gasteiger partial charge in [0.05, 0.1) is 23.4 Å². The first-order valence-corrected chi connectivity index (χ1v) is 10.1. The molecule has 0 radical (unpaired) electrons. The summed E-state index contributed by atoms with van der Waals surface area (Å²) in [4.78, 5) is 11.2. The maximum Gasteiger partial charge on any atom is 0.335 e. The zero-order valence-electron chi connectivity index (χ0n) is 15.9. The molecule has 0 amide bonds. The summed E-state index contributed by atoms with van der Waals surface area (Å²) in [5.41, 5.74) is 1.70. The highest BCUT2D eigenvalue weighted by Gasteiger charge is 2.16. The predicted molar refractivity (Wildman–Crippen MR) is 117 cm³/mol. The summed E-state index contributed by atoms with van der Waals surface area (Å²) in [6, 6.07) is 14.3. The van der Waals surface area contributed by atoms with Gasteiger partial charge in [0.1, 0.15) is 12.4 Å². The number of nitrogens with one attached hydrogen (secondary N) is 1.